The van der Waals surface area contributed by atoms with Crippen LogP contribution in [0.25, 0.3) is 0 Å². The van der Waals surface area contributed by atoms with Gasteiger partial charge in [0.15, 0.2) is 0 Å². The first-order valence-electron chi connectivity index (χ1n) is 14.3. The van der Waals surface area contributed by atoms with E-state index in [1.165, 1.54) is 42.3 Å². The molecule has 0 saturated heterocycles. The zero-order chi connectivity index (χ0) is 33.5. The molecule has 8 nitrogen and oxygen atoms in total. The summed E-state index contributed by atoms with van der Waals surface area (Å²) in [6, 6.07) is 19.8. The number of anilines is 2. The number of carbonyl (C=O) groups is 1. The van der Waals surface area contributed by atoms with E-state index in [-0.39, 0.29) is 24.4 Å². The quantitative estimate of drug-likeness (QED) is 0.124. The molecule has 1 N–H and O–H groups in total. The summed E-state index contributed by atoms with van der Waals surface area (Å²) in [6.45, 7) is 4.76. The van der Waals surface area contributed by atoms with Crippen LogP contribution in [0.2, 0.25) is 0 Å². The summed E-state index contributed by atoms with van der Waals surface area (Å²) < 4.78 is 91.4. The van der Waals surface area contributed by atoms with Crippen LogP contribution in [0, 0.1) is 5.82 Å². The Balaban J connectivity index is 1.75. The van der Waals surface area contributed by atoms with Crippen LogP contribution in [-0.2, 0) is 29.4 Å². The lowest BCUT2D eigenvalue weighted by molar-refractivity contribution is -0.137. The highest BCUT2D eigenvalue weighted by Crippen LogP contribution is 2.34. The third kappa shape index (κ3) is 8.47. The molecule has 4 aromatic rings. The van der Waals surface area contributed by atoms with E-state index in [1.54, 1.807) is 36.4 Å². The number of nitrogens with zero attached hydrogens (tertiary/aromatic N) is 2. The Labute approximate surface area is 265 Å². The van der Waals surface area contributed by atoms with Gasteiger partial charge in [-0.2, -0.15) is 21.6 Å². The first-order chi connectivity index (χ1) is 21.8. The van der Waals surface area contributed by atoms with Crippen LogP contribution in [0.4, 0.5) is 33.7 Å². The van der Waals surface area contributed by atoms with Gasteiger partial charge in [-0.3, -0.25) is 0 Å². The van der Waals surface area contributed by atoms with Gasteiger partial charge in [-0.15, -0.1) is 0 Å². The van der Waals surface area contributed by atoms with E-state index in [0.717, 1.165) is 18.2 Å². The summed E-state index contributed by atoms with van der Waals surface area (Å²) in [7, 11) is -3.30. The number of nitrogens with one attached hydrogen (secondary N) is 1. The second-order valence-electron chi connectivity index (χ2n) is 10.1. The second-order valence-corrected chi connectivity index (χ2v) is 11.7. The number of hydrogen-bond acceptors (Lipinski definition) is 6. The highest BCUT2D eigenvalue weighted by Gasteiger charge is 2.32. The standard InChI is InChI=1S/C33H33F4N3O5S/c1-4-39(5-2)27-18-15-24(31(20-27)45-46(42,43)28-10-8-9-25(19-28)33(35,36)37)22-40(21-23-13-16-26(34)17-14-23)32(41)38-29-11-6-7-12-30(29)44-3/h6-20H,4-5,21-22H2,1-3H3,(H,38,41). The zero-order valence-corrected chi connectivity index (χ0v) is 26.2. The zero-order valence-electron chi connectivity index (χ0n) is 25.3. The van der Waals surface area contributed by atoms with Crippen LogP contribution >= 0.6 is 0 Å². The molecule has 0 unspecified atom stereocenters. The van der Waals surface area contributed by atoms with Gasteiger partial charge in [0.05, 0.1) is 24.9 Å². The number of para-hydroxylation sites is 2. The van der Waals surface area contributed by atoms with Crippen molar-refractivity contribution in [1.82, 2.24) is 4.90 Å². The monoisotopic (exact) mass is 659 g/mol. The van der Waals surface area contributed by atoms with Crippen LogP contribution in [0.15, 0.2) is 95.9 Å². The van der Waals surface area contributed by atoms with Gasteiger partial charge in [-0.25, -0.2) is 9.18 Å². The molecule has 0 radical (unpaired) electrons. The fraction of sp³-hybridized carbons (Fsp3) is 0.242. The number of alkyl halides is 3. The molecule has 4 aromatic carbocycles. The molecule has 0 spiro atoms. The molecule has 0 fully saturated rings. The number of benzene rings is 4. The minimum Gasteiger partial charge on any atom is -0.495 e. The van der Waals surface area contributed by atoms with Crippen LogP contribution in [-0.4, -0.2) is 39.5 Å². The maximum atomic E-state index is 13.7. The summed E-state index contributed by atoms with van der Waals surface area (Å²) in [6.07, 6.45) is -4.77. The first-order valence-corrected chi connectivity index (χ1v) is 15.7. The van der Waals surface area contributed by atoms with Crippen molar-refractivity contribution >= 4 is 27.5 Å². The number of rotatable bonds is 12. The number of hydrogen-bond donors (Lipinski definition) is 1. The summed E-state index contributed by atoms with van der Waals surface area (Å²) in [5.74, 6) is -0.232. The SMILES string of the molecule is CCN(CC)c1ccc(CN(Cc2ccc(F)cc2)C(=O)Nc2ccccc2OC)c(OS(=O)(=O)c2cccc(C(F)(F)F)c2)c1. The largest absolute Gasteiger partial charge is 0.495 e. The summed E-state index contributed by atoms with van der Waals surface area (Å²) >= 11 is 0. The normalized spacial score (nSPS) is 11.5. The number of ether oxygens (including phenoxy) is 1. The van der Waals surface area contributed by atoms with Crippen LogP contribution in [0.5, 0.6) is 11.5 Å². The molecule has 0 aromatic heterocycles. The predicted octanol–water partition coefficient (Wildman–Crippen LogP) is 7.70. The van der Waals surface area contributed by atoms with E-state index >= 15 is 0 Å². The molecular weight excluding hydrogens is 626 g/mol. The van der Waals surface area contributed by atoms with Crippen LogP contribution in [0.3, 0.4) is 0 Å². The molecule has 46 heavy (non-hydrogen) atoms. The van der Waals surface area contributed by atoms with Crippen molar-refractivity contribution in [2.75, 3.05) is 30.4 Å². The second kappa shape index (κ2) is 14.5. The van der Waals surface area contributed by atoms with Gasteiger partial charge in [0.2, 0.25) is 0 Å². The predicted molar refractivity (Wildman–Crippen MR) is 167 cm³/mol. The average Bonchev–Trinajstić information content (AvgIpc) is 3.03. The minimum absolute atomic E-state index is 0.0150. The molecule has 0 atom stereocenters. The Morgan fingerprint density at radius 3 is 2.20 bits per heavy atom. The molecule has 244 valence electrons. The lowest BCUT2D eigenvalue weighted by Crippen LogP contribution is -2.34. The fourth-order valence-corrected chi connectivity index (χ4v) is 5.69. The molecule has 0 heterocycles. The van der Waals surface area contributed by atoms with Gasteiger partial charge in [-0.05, 0) is 67.9 Å². The Bertz CT molecular complexity index is 1760. The summed E-state index contributed by atoms with van der Waals surface area (Å²) in [4.78, 5) is 16.3. The third-order valence-electron chi connectivity index (χ3n) is 7.11. The Hall–Kier alpha value is -4.78. The number of amides is 2. The van der Waals surface area contributed by atoms with Gasteiger partial charge >= 0.3 is 22.3 Å². The number of halogens is 4. The minimum atomic E-state index is -4.77. The Morgan fingerprint density at radius 2 is 1.54 bits per heavy atom. The maximum absolute atomic E-state index is 13.7. The molecule has 2 amide bonds. The molecule has 0 bridgehead atoms. The van der Waals surface area contributed by atoms with E-state index < -0.39 is 38.6 Å². The lowest BCUT2D eigenvalue weighted by Gasteiger charge is -2.26. The van der Waals surface area contributed by atoms with Crippen molar-refractivity contribution in [3.05, 3.63) is 114 Å². The van der Waals surface area contributed by atoms with Crippen LogP contribution in [0.1, 0.15) is 30.5 Å². The van der Waals surface area contributed by atoms with Crippen molar-refractivity contribution in [1.29, 1.82) is 0 Å². The number of carbonyl (C=O) groups excluding carboxylic acids is 1. The smallest absolute Gasteiger partial charge is 0.416 e. The first kappa shape index (κ1) is 34.1. The van der Waals surface area contributed by atoms with Gasteiger partial charge in [0, 0.05) is 37.0 Å². The van der Waals surface area contributed by atoms with E-state index in [2.05, 4.69) is 5.32 Å². The summed E-state index contributed by atoms with van der Waals surface area (Å²) in [5.41, 5.74) is 0.665. The molecular formula is C33H33F4N3O5S. The van der Waals surface area contributed by atoms with Crippen molar-refractivity contribution in [2.45, 2.75) is 38.0 Å². The average molecular weight is 660 g/mol. The van der Waals surface area contributed by atoms with E-state index in [9.17, 15) is 30.8 Å². The Morgan fingerprint density at radius 1 is 0.848 bits per heavy atom. The van der Waals surface area contributed by atoms with Crippen molar-refractivity contribution in [3.63, 3.8) is 0 Å². The van der Waals surface area contributed by atoms with E-state index in [1.807, 2.05) is 18.7 Å². The molecule has 4 rings (SSSR count). The Kier molecular flexibility index (Phi) is 10.8. The molecule has 0 aliphatic heterocycles. The van der Waals surface area contributed by atoms with E-state index in [4.69, 9.17) is 8.92 Å². The van der Waals surface area contributed by atoms with Crippen molar-refractivity contribution in [2.24, 2.45) is 0 Å². The highest BCUT2D eigenvalue weighted by atomic mass is 32.2. The van der Waals surface area contributed by atoms with Gasteiger partial charge in [0.1, 0.15) is 22.2 Å². The topological polar surface area (TPSA) is 88.2 Å². The van der Waals surface area contributed by atoms with Gasteiger partial charge in [0.25, 0.3) is 0 Å². The molecule has 0 aliphatic rings. The van der Waals surface area contributed by atoms with Crippen molar-refractivity contribution in [3.8, 4) is 11.5 Å². The molecule has 0 aliphatic carbocycles. The maximum Gasteiger partial charge on any atom is 0.416 e. The fourth-order valence-electron chi connectivity index (χ4n) is 4.69. The number of urea groups is 1. The number of methoxy groups -OCH3 is 1. The van der Waals surface area contributed by atoms with Crippen LogP contribution < -0.4 is 19.1 Å². The van der Waals surface area contributed by atoms with Gasteiger partial charge < -0.3 is 24.0 Å². The summed E-state index contributed by atoms with van der Waals surface area (Å²) in [5, 5.41) is 2.79. The highest BCUT2D eigenvalue weighted by molar-refractivity contribution is 7.87. The lowest BCUT2D eigenvalue weighted by atomic mass is 10.1. The van der Waals surface area contributed by atoms with Gasteiger partial charge in [-0.1, -0.05) is 36.4 Å². The molecule has 0 saturated carbocycles. The van der Waals surface area contributed by atoms with E-state index in [0.29, 0.717) is 41.8 Å². The van der Waals surface area contributed by atoms with Crippen molar-refractivity contribution < 1.29 is 39.7 Å². The third-order valence-corrected chi connectivity index (χ3v) is 8.34. The molecule has 13 heteroatoms.